The molecular weight excluding hydrogens is 318 g/mol. The summed E-state index contributed by atoms with van der Waals surface area (Å²) in [4.78, 5) is 22.6. The topological polar surface area (TPSA) is 79.4 Å². The molecular formula is C18H23N5O2. The first-order valence-electron chi connectivity index (χ1n) is 8.55. The third-order valence-electron chi connectivity index (χ3n) is 4.06. The van der Waals surface area contributed by atoms with Crippen molar-refractivity contribution in [3.8, 4) is 5.75 Å². The fourth-order valence-electron chi connectivity index (χ4n) is 2.76. The van der Waals surface area contributed by atoms with Crippen molar-refractivity contribution < 1.29 is 9.53 Å². The second-order valence-electron chi connectivity index (χ2n) is 5.87. The van der Waals surface area contributed by atoms with Crippen LogP contribution in [0, 0.1) is 0 Å². The molecule has 0 saturated carbocycles. The van der Waals surface area contributed by atoms with E-state index in [1.807, 2.05) is 36.4 Å². The molecule has 0 aliphatic carbocycles. The Balaban J connectivity index is 1.31. The van der Waals surface area contributed by atoms with Crippen LogP contribution in [0.2, 0.25) is 0 Å². The SMILES string of the molecule is O=C(NCCOc1ccccc1)NC1CCN(c2ncccn2)CC1. The lowest BCUT2D eigenvalue weighted by Gasteiger charge is -2.32. The molecule has 1 aromatic carbocycles. The highest BCUT2D eigenvalue weighted by Gasteiger charge is 2.21. The van der Waals surface area contributed by atoms with E-state index in [1.54, 1.807) is 12.4 Å². The van der Waals surface area contributed by atoms with Gasteiger partial charge in [-0.2, -0.15) is 0 Å². The molecule has 0 unspecified atom stereocenters. The molecule has 7 heteroatoms. The Morgan fingerprint density at radius 2 is 1.84 bits per heavy atom. The van der Waals surface area contributed by atoms with Crippen LogP contribution in [-0.2, 0) is 0 Å². The zero-order valence-electron chi connectivity index (χ0n) is 14.1. The van der Waals surface area contributed by atoms with Crippen molar-refractivity contribution in [1.82, 2.24) is 20.6 Å². The number of ether oxygens (including phenoxy) is 1. The summed E-state index contributed by atoms with van der Waals surface area (Å²) in [7, 11) is 0. The van der Waals surface area contributed by atoms with Gasteiger partial charge >= 0.3 is 6.03 Å². The molecule has 0 radical (unpaired) electrons. The van der Waals surface area contributed by atoms with Crippen molar-refractivity contribution in [2.24, 2.45) is 0 Å². The number of nitrogens with zero attached hydrogens (tertiary/aromatic N) is 3. The van der Waals surface area contributed by atoms with Crippen LogP contribution < -0.4 is 20.3 Å². The molecule has 2 heterocycles. The molecule has 2 amide bonds. The molecule has 1 aliphatic rings. The lowest BCUT2D eigenvalue weighted by Crippen LogP contribution is -2.48. The Morgan fingerprint density at radius 3 is 2.56 bits per heavy atom. The first-order valence-corrected chi connectivity index (χ1v) is 8.55. The number of amides is 2. The summed E-state index contributed by atoms with van der Waals surface area (Å²) in [6.07, 6.45) is 5.26. The number of carbonyl (C=O) groups is 1. The lowest BCUT2D eigenvalue weighted by molar-refractivity contribution is 0.230. The third-order valence-corrected chi connectivity index (χ3v) is 4.06. The number of aromatic nitrogens is 2. The number of hydrogen-bond donors (Lipinski definition) is 2. The maximum absolute atomic E-state index is 12.0. The normalized spacial score (nSPS) is 14.8. The molecule has 0 atom stereocenters. The maximum atomic E-state index is 12.0. The summed E-state index contributed by atoms with van der Waals surface area (Å²) < 4.78 is 5.55. The molecule has 1 fully saturated rings. The van der Waals surface area contributed by atoms with Gasteiger partial charge in [0.05, 0.1) is 6.54 Å². The van der Waals surface area contributed by atoms with Gasteiger partial charge in [0.1, 0.15) is 12.4 Å². The second-order valence-corrected chi connectivity index (χ2v) is 5.87. The van der Waals surface area contributed by atoms with Gasteiger partial charge < -0.3 is 20.3 Å². The van der Waals surface area contributed by atoms with E-state index in [9.17, 15) is 4.79 Å². The molecule has 3 rings (SSSR count). The van der Waals surface area contributed by atoms with Crippen molar-refractivity contribution in [2.75, 3.05) is 31.1 Å². The molecule has 7 nitrogen and oxygen atoms in total. The number of para-hydroxylation sites is 1. The first-order chi connectivity index (χ1) is 12.3. The van der Waals surface area contributed by atoms with Crippen LogP contribution in [0.4, 0.5) is 10.7 Å². The third kappa shape index (κ3) is 5.34. The number of hydrogen-bond acceptors (Lipinski definition) is 5. The first kappa shape index (κ1) is 17.0. The van der Waals surface area contributed by atoms with Gasteiger partial charge in [0, 0.05) is 31.5 Å². The van der Waals surface area contributed by atoms with E-state index in [-0.39, 0.29) is 12.1 Å². The van der Waals surface area contributed by atoms with E-state index in [0.717, 1.165) is 37.6 Å². The van der Waals surface area contributed by atoms with E-state index >= 15 is 0 Å². The quantitative estimate of drug-likeness (QED) is 0.784. The number of rotatable bonds is 6. The van der Waals surface area contributed by atoms with E-state index in [4.69, 9.17) is 4.74 Å². The van der Waals surface area contributed by atoms with Crippen LogP contribution >= 0.6 is 0 Å². The molecule has 2 N–H and O–H groups in total. The highest BCUT2D eigenvalue weighted by molar-refractivity contribution is 5.74. The second kappa shape index (κ2) is 8.86. The standard InChI is InChI=1S/C18H23N5O2/c24-18(21-11-14-25-16-5-2-1-3-6-16)22-15-7-12-23(13-8-15)17-19-9-4-10-20-17/h1-6,9-10,15H,7-8,11-14H2,(H2,21,22,24). The van der Waals surface area contributed by atoms with Crippen molar-refractivity contribution >= 4 is 12.0 Å². The van der Waals surface area contributed by atoms with E-state index in [1.165, 1.54) is 0 Å². The lowest BCUT2D eigenvalue weighted by atomic mass is 10.1. The average Bonchev–Trinajstić information content (AvgIpc) is 2.67. The Morgan fingerprint density at radius 1 is 1.12 bits per heavy atom. The van der Waals surface area contributed by atoms with Gasteiger partial charge in [0.2, 0.25) is 5.95 Å². The van der Waals surface area contributed by atoms with Crippen LogP contribution in [0.3, 0.4) is 0 Å². The Kier molecular flexibility index (Phi) is 6.03. The van der Waals surface area contributed by atoms with Crippen LogP contribution in [0.25, 0.3) is 0 Å². The minimum Gasteiger partial charge on any atom is -0.492 e. The smallest absolute Gasteiger partial charge is 0.315 e. The van der Waals surface area contributed by atoms with Gasteiger partial charge in [-0.05, 0) is 31.0 Å². The van der Waals surface area contributed by atoms with Crippen LogP contribution in [0.5, 0.6) is 5.75 Å². The number of benzene rings is 1. The van der Waals surface area contributed by atoms with Gasteiger partial charge in [-0.1, -0.05) is 18.2 Å². The van der Waals surface area contributed by atoms with Gasteiger partial charge in [-0.15, -0.1) is 0 Å². The van der Waals surface area contributed by atoms with E-state index in [2.05, 4.69) is 25.5 Å². The zero-order chi connectivity index (χ0) is 17.3. The Hall–Kier alpha value is -2.83. The molecule has 1 aromatic heterocycles. The number of carbonyl (C=O) groups excluding carboxylic acids is 1. The summed E-state index contributed by atoms with van der Waals surface area (Å²) in [5.74, 6) is 1.56. The van der Waals surface area contributed by atoms with Gasteiger partial charge in [-0.3, -0.25) is 0 Å². The number of piperidine rings is 1. The van der Waals surface area contributed by atoms with Gasteiger partial charge in [0.15, 0.2) is 0 Å². The maximum Gasteiger partial charge on any atom is 0.315 e. The minimum absolute atomic E-state index is 0.147. The number of anilines is 1. The van der Waals surface area contributed by atoms with Gasteiger partial charge in [-0.25, -0.2) is 14.8 Å². The molecule has 0 spiro atoms. The van der Waals surface area contributed by atoms with Crippen LogP contribution in [0.1, 0.15) is 12.8 Å². The summed E-state index contributed by atoms with van der Waals surface area (Å²) in [6.45, 7) is 2.59. The van der Waals surface area contributed by atoms with Crippen LogP contribution in [-0.4, -0.2) is 48.3 Å². The zero-order valence-corrected chi connectivity index (χ0v) is 14.1. The van der Waals surface area contributed by atoms with Crippen molar-refractivity contribution in [2.45, 2.75) is 18.9 Å². The van der Waals surface area contributed by atoms with Crippen molar-refractivity contribution in [3.05, 3.63) is 48.8 Å². The Bertz CT molecular complexity index is 645. The summed E-state index contributed by atoms with van der Waals surface area (Å²) in [5, 5.41) is 5.85. The molecule has 1 saturated heterocycles. The fraction of sp³-hybridized carbons (Fsp3) is 0.389. The van der Waals surface area contributed by atoms with Crippen molar-refractivity contribution in [1.29, 1.82) is 0 Å². The van der Waals surface area contributed by atoms with E-state index < -0.39 is 0 Å². The summed E-state index contributed by atoms with van der Waals surface area (Å²) in [5.41, 5.74) is 0. The number of urea groups is 1. The fourth-order valence-corrected chi connectivity index (χ4v) is 2.76. The molecule has 0 bridgehead atoms. The highest BCUT2D eigenvalue weighted by atomic mass is 16.5. The highest BCUT2D eigenvalue weighted by Crippen LogP contribution is 2.15. The van der Waals surface area contributed by atoms with E-state index in [0.29, 0.717) is 13.2 Å². The predicted molar refractivity (Wildman–Crippen MR) is 95.7 cm³/mol. The summed E-state index contributed by atoms with van der Waals surface area (Å²) in [6, 6.07) is 11.4. The molecule has 132 valence electrons. The molecule has 25 heavy (non-hydrogen) atoms. The largest absolute Gasteiger partial charge is 0.492 e. The average molecular weight is 341 g/mol. The van der Waals surface area contributed by atoms with Gasteiger partial charge in [0.25, 0.3) is 0 Å². The van der Waals surface area contributed by atoms with Crippen molar-refractivity contribution in [3.63, 3.8) is 0 Å². The Labute approximate surface area is 147 Å². The number of nitrogens with one attached hydrogen (secondary N) is 2. The molecule has 2 aromatic rings. The summed E-state index contributed by atoms with van der Waals surface area (Å²) >= 11 is 0. The molecule has 1 aliphatic heterocycles. The minimum atomic E-state index is -0.147. The van der Waals surface area contributed by atoms with Crippen LogP contribution in [0.15, 0.2) is 48.8 Å². The predicted octanol–water partition coefficient (Wildman–Crippen LogP) is 1.82. The monoisotopic (exact) mass is 341 g/mol.